The molecule has 0 spiro atoms. The lowest BCUT2D eigenvalue weighted by Gasteiger charge is -2.14. The zero-order chi connectivity index (χ0) is 13.4. The summed E-state index contributed by atoms with van der Waals surface area (Å²) in [5.41, 5.74) is 2.61. The molecule has 1 aromatic rings. The average Bonchev–Trinajstić information content (AvgIpc) is 2.99. The van der Waals surface area contributed by atoms with E-state index in [4.69, 9.17) is 0 Å². The minimum atomic E-state index is -4.97. The van der Waals surface area contributed by atoms with Crippen LogP contribution in [0.5, 0.6) is 0 Å². The fourth-order valence-electron chi connectivity index (χ4n) is 1.87. The molecule has 98 valence electrons. The number of alkyl halides is 3. The van der Waals surface area contributed by atoms with Crippen LogP contribution in [-0.4, -0.2) is 17.7 Å². The number of benzene rings is 1. The predicted molar refractivity (Wildman–Crippen MR) is 57.5 cm³/mol. The number of halogens is 3. The fourth-order valence-corrected chi connectivity index (χ4v) is 1.87. The minimum absolute atomic E-state index is 0.0553. The molecule has 1 saturated carbocycles. The second-order valence-corrected chi connectivity index (χ2v) is 4.57. The molecule has 0 saturated heterocycles. The predicted octanol–water partition coefficient (Wildman–Crippen LogP) is 2.54. The molecule has 0 aromatic heterocycles. The number of carbonyl (C=O) groups excluding carboxylic acids is 1. The topological polar surface area (TPSA) is 38.3 Å². The van der Waals surface area contributed by atoms with Crippen molar-refractivity contribution < 1.29 is 22.8 Å². The molecular formula is C12H12F3NO2. The van der Waals surface area contributed by atoms with Gasteiger partial charge in [0.15, 0.2) is 0 Å². The van der Waals surface area contributed by atoms with Crippen molar-refractivity contribution in [1.82, 2.24) is 5.48 Å². The molecule has 18 heavy (non-hydrogen) atoms. The van der Waals surface area contributed by atoms with E-state index in [1.54, 1.807) is 6.92 Å². The van der Waals surface area contributed by atoms with Gasteiger partial charge in [-0.25, -0.2) is 4.79 Å². The summed E-state index contributed by atoms with van der Waals surface area (Å²) in [6.45, 7) is 1.72. The van der Waals surface area contributed by atoms with Gasteiger partial charge in [-0.3, -0.25) is 0 Å². The molecule has 1 aromatic carbocycles. The van der Waals surface area contributed by atoms with Crippen LogP contribution < -0.4 is 5.48 Å². The van der Waals surface area contributed by atoms with Gasteiger partial charge in [0.25, 0.3) is 0 Å². The fraction of sp³-hybridized carbons (Fsp3) is 0.417. The largest absolute Gasteiger partial charge is 0.492 e. The third kappa shape index (κ3) is 2.64. The van der Waals surface area contributed by atoms with Gasteiger partial charge in [-0.1, -0.05) is 30.3 Å². The summed E-state index contributed by atoms with van der Waals surface area (Å²) in [5.74, 6) is -2.16. The van der Waals surface area contributed by atoms with E-state index >= 15 is 0 Å². The van der Waals surface area contributed by atoms with Gasteiger partial charge in [-0.15, -0.1) is 5.48 Å². The molecule has 0 aliphatic heterocycles. The van der Waals surface area contributed by atoms with E-state index in [-0.39, 0.29) is 5.92 Å². The van der Waals surface area contributed by atoms with Crippen LogP contribution in [0.1, 0.15) is 24.8 Å². The van der Waals surface area contributed by atoms with Gasteiger partial charge in [-0.2, -0.15) is 13.2 Å². The van der Waals surface area contributed by atoms with Crippen molar-refractivity contribution >= 4 is 5.97 Å². The Bertz CT molecular complexity index is 446. The van der Waals surface area contributed by atoms with E-state index in [0.29, 0.717) is 6.42 Å². The maximum Gasteiger partial charge on any atom is 0.492 e. The van der Waals surface area contributed by atoms with Gasteiger partial charge >= 0.3 is 12.1 Å². The van der Waals surface area contributed by atoms with Gasteiger partial charge in [0.1, 0.15) is 0 Å². The molecule has 0 amide bonds. The molecule has 2 atom stereocenters. The molecule has 0 radical (unpaired) electrons. The first-order valence-electron chi connectivity index (χ1n) is 5.43. The number of hydrogen-bond donors (Lipinski definition) is 1. The Morgan fingerprint density at radius 3 is 2.56 bits per heavy atom. The maximum atomic E-state index is 12.0. The lowest BCUT2D eigenvalue weighted by Crippen LogP contribution is -2.37. The van der Waals surface area contributed by atoms with Gasteiger partial charge in [0, 0.05) is 5.92 Å². The number of carbonyl (C=O) groups is 1. The lowest BCUT2D eigenvalue weighted by atomic mass is 10.1. The molecule has 1 N–H and O–H groups in total. The second kappa shape index (κ2) is 4.28. The summed E-state index contributed by atoms with van der Waals surface area (Å²) in [4.78, 5) is 14.6. The Hall–Kier alpha value is -1.56. The number of rotatable bonds is 3. The first kappa shape index (κ1) is 12.9. The normalized spacial score (nSPS) is 26.8. The molecular weight excluding hydrogens is 247 g/mol. The zero-order valence-electron chi connectivity index (χ0n) is 9.62. The number of hydrogen-bond acceptors (Lipinski definition) is 3. The molecule has 3 nitrogen and oxygen atoms in total. The summed E-state index contributed by atoms with van der Waals surface area (Å²) in [6.07, 6.45) is -4.34. The Kier molecular flexibility index (Phi) is 3.06. The van der Waals surface area contributed by atoms with Crippen LogP contribution in [0, 0.1) is 0 Å². The van der Waals surface area contributed by atoms with Crippen LogP contribution in [0.15, 0.2) is 30.3 Å². The summed E-state index contributed by atoms with van der Waals surface area (Å²) in [7, 11) is 0. The number of hydroxylamine groups is 1. The van der Waals surface area contributed by atoms with Crippen molar-refractivity contribution in [2.24, 2.45) is 0 Å². The van der Waals surface area contributed by atoms with Gasteiger partial charge in [0.2, 0.25) is 0 Å². The van der Waals surface area contributed by atoms with Crippen LogP contribution in [0.25, 0.3) is 0 Å². The molecule has 2 rings (SSSR count). The lowest BCUT2D eigenvalue weighted by molar-refractivity contribution is -0.209. The van der Waals surface area contributed by atoms with E-state index in [1.165, 1.54) is 0 Å². The summed E-state index contributed by atoms with van der Waals surface area (Å²) in [6, 6.07) is 9.36. The molecule has 1 aliphatic rings. The monoisotopic (exact) mass is 259 g/mol. The zero-order valence-corrected chi connectivity index (χ0v) is 9.62. The van der Waals surface area contributed by atoms with Crippen LogP contribution in [-0.2, 0) is 9.63 Å². The molecule has 0 unspecified atom stereocenters. The Morgan fingerprint density at radius 2 is 2.00 bits per heavy atom. The summed E-state index contributed by atoms with van der Waals surface area (Å²) in [5, 5.41) is 0. The van der Waals surface area contributed by atoms with E-state index in [0.717, 1.165) is 5.56 Å². The smallest absolute Gasteiger partial charge is 0.363 e. The van der Waals surface area contributed by atoms with Crippen molar-refractivity contribution in [3.05, 3.63) is 35.9 Å². The highest BCUT2D eigenvalue weighted by atomic mass is 19.4. The first-order chi connectivity index (χ1) is 8.33. The standard InChI is InChI=1S/C12H12F3NO2/c1-11(16-18-10(17)12(13,14)15)7-9(11)8-5-3-2-4-6-8/h2-6,9,16H,7H2,1H3/t9-,11-/m1/s1. The van der Waals surface area contributed by atoms with Crippen LogP contribution in [0.4, 0.5) is 13.2 Å². The van der Waals surface area contributed by atoms with E-state index in [1.807, 2.05) is 30.3 Å². The van der Waals surface area contributed by atoms with Crippen molar-refractivity contribution in [2.45, 2.75) is 31.0 Å². The molecule has 0 bridgehead atoms. The van der Waals surface area contributed by atoms with Crippen LogP contribution in [0.2, 0.25) is 0 Å². The Morgan fingerprint density at radius 1 is 1.39 bits per heavy atom. The van der Waals surface area contributed by atoms with Crippen LogP contribution >= 0.6 is 0 Å². The van der Waals surface area contributed by atoms with E-state index < -0.39 is 17.7 Å². The van der Waals surface area contributed by atoms with E-state index in [9.17, 15) is 18.0 Å². The Balaban J connectivity index is 1.91. The SMILES string of the molecule is C[C@@]1(NOC(=O)C(F)(F)F)C[C@@H]1c1ccccc1. The van der Waals surface area contributed by atoms with Crippen molar-refractivity contribution in [3.8, 4) is 0 Å². The highest BCUT2D eigenvalue weighted by Crippen LogP contribution is 2.51. The summed E-state index contributed by atoms with van der Waals surface area (Å²) >= 11 is 0. The molecule has 0 heterocycles. The van der Waals surface area contributed by atoms with E-state index in [2.05, 4.69) is 10.3 Å². The average molecular weight is 259 g/mol. The van der Waals surface area contributed by atoms with Crippen LogP contribution in [0.3, 0.4) is 0 Å². The highest BCUT2D eigenvalue weighted by molar-refractivity contribution is 5.75. The van der Waals surface area contributed by atoms with Gasteiger partial charge in [-0.05, 0) is 18.9 Å². The van der Waals surface area contributed by atoms with Gasteiger partial charge < -0.3 is 4.84 Å². The third-order valence-electron chi connectivity index (χ3n) is 3.05. The Labute approximate surface area is 102 Å². The second-order valence-electron chi connectivity index (χ2n) is 4.57. The van der Waals surface area contributed by atoms with Crippen molar-refractivity contribution in [2.75, 3.05) is 0 Å². The molecule has 1 fully saturated rings. The highest BCUT2D eigenvalue weighted by Gasteiger charge is 2.53. The first-order valence-corrected chi connectivity index (χ1v) is 5.43. The summed E-state index contributed by atoms with van der Waals surface area (Å²) < 4.78 is 35.9. The molecule has 6 heteroatoms. The maximum absolute atomic E-state index is 12.0. The van der Waals surface area contributed by atoms with Crippen molar-refractivity contribution in [1.29, 1.82) is 0 Å². The van der Waals surface area contributed by atoms with Gasteiger partial charge in [0.05, 0.1) is 5.54 Å². The number of nitrogens with one attached hydrogen (secondary N) is 1. The third-order valence-corrected chi connectivity index (χ3v) is 3.05. The van der Waals surface area contributed by atoms with Crippen molar-refractivity contribution in [3.63, 3.8) is 0 Å². The minimum Gasteiger partial charge on any atom is -0.363 e. The molecule has 1 aliphatic carbocycles. The quantitative estimate of drug-likeness (QED) is 0.848.